The van der Waals surface area contributed by atoms with Crippen LogP contribution in [0.3, 0.4) is 0 Å². The quantitative estimate of drug-likeness (QED) is 0.155. The van der Waals surface area contributed by atoms with Crippen molar-refractivity contribution in [3.8, 4) is 0 Å². The molecule has 0 N–H and O–H groups in total. The molecule has 30 heavy (non-hydrogen) atoms. The summed E-state index contributed by atoms with van der Waals surface area (Å²) in [4.78, 5) is 35.9. The molecular weight excluding hydrogens is 459 g/mol. The number of nitrogens with zero attached hydrogens (tertiary/aromatic N) is 1. The lowest BCUT2D eigenvalue weighted by Gasteiger charge is -2.23. The molecule has 0 radical (unpaired) electrons. The molecule has 0 spiro atoms. The number of thioether (sulfide) groups is 4. The molecule has 5 nitrogen and oxygen atoms in total. The van der Waals surface area contributed by atoms with Gasteiger partial charge in [0.05, 0.1) is 21.1 Å². The molecule has 0 fully saturated rings. The minimum absolute atomic E-state index is 0.140. The van der Waals surface area contributed by atoms with Crippen LogP contribution in [-0.4, -0.2) is 90.0 Å². The van der Waals surface area contributed by atoms with E-state index in [4.69, 9.17) is 4.74 Å². The molecule has 0 saturated heterocycles. The molecular formula is C21H40NO4S4+. The summed E-state index contributed by atoms with van der Waals surface area (Å²) in [7, 11) is 6.21. The van der Waals surface area contributed by atoms with Crippen LogP contribution in [-0.2, 0) is 19.1 Å². The Balaban J connectivity index is 4.24. The first-order chi connectivity index (χ1) is 14.2. The smallest absolute Gasteiger partial charge is 0.305 e. The largest absolute Gasteiger partial charge is 0.460 e. The van der Waals surface area contributed by atoms with E-state index in [0.717, 1.165) is 54.0 Å². The van der Waals surface area contributed by atoms with Crippen LogP contribution in [0.2, 0.25) is 0 Å². The van der Waals surface area contributed by atoms with Gasteiger partial charge in [-0.2, -0.15) is 23.5 Å². The van der Waals surface area contributed by atoms with Gasteiger partial charge in [-0.15, -0.1) is 0 Å². The number of esters is 1. The number of hydrogen-bond donors (Lipinski definition) is 0. The summed E-state index contributed by atoms with van der Waals surface area (Å²) in [5.74, 6) is 2.33. The molecule has 0 rings (SSSR count). The average molecular weight is 499 g/mol. The number of hydrogen-bond acceptors (Lipinski definition) is 8. The van der Waals surface area contributed by atoms with Gasteiger partial charge in [-0.1, -0.05) is 29.9 Å². The molecule has 0 aromatic carbocycles. The molecule has 1 unspecified atom stereocenters. The summed E-state index contributed by atoms with van der Waals surface area (Å²) in [5.41, 5.74) is 0. The summed E-state index contributed by atoms with van der Waals surface area (Å²) in [6, 6.07) is 0. The third kappa shape index (κ3) is 20.1. The summed E-state index contributed by atoms with van der Waals surface area (Å²) in [6.07, 6.45) is 9.03. The van der Waals surface area contributed by atoms with Gasteiger partial charge in [0.1, 0.15) is 13.2 Å². The van der Waals surface area contributed by atoms with Crippen molar-refractivity contribution in [2.75, 3.05) is 64.1 Å². The van der Waals surface area contributed by atoms with E-state index in [1.165, 1.54) is 23.5 Å². The van der Waals surface area contributed by atoms with Gasteiger partial charge in [-0.3, -0.25) is 14.4 Å². The minimum Gasteiger partial charge on any atom is -0.460 e. The van der Waals surface area contributed by atoms with Crippen LogP contribution in [0.15, 0.2) is 0 Å². The monoisotopic (exact) mass is 498 g/mol. The highest BCUT2D eigenvalue weighted by Gasteiger charge is 2.16. The molecule has 0 amide bonds. The first kappa shape index (κ1) is 30.2. The minimum atomic E-state index is -0.140. The first-order valence-electron chi connectivity index (χ1n) is 10.5. The summed E-state index contributed by atoms with van der Waals surface area (Å²) in [6.45, 7) is 1.25. The average Bonchev–Trinajstić information content (AvgIpc) is 2.66. The van der Waals surface area contributed by atoms with Crippen molar-refractivity contribution in [1.29, 1.82) is 0 Å². The maximum Gasteiger partial charge on any atom is 0.305 e. The summed E-state index contributed by atoms with van der Waals surface area (Å²) < 4.78 is 6.07. The van der Waals surface area contributed by atoms with Crippen LogP contribution in [0.5, 0.6) is 0 Å². The molecule has 1 atom stereocenters. The Bertz CT molecular complexity index is 498. The maximum atomic E-state index is 12.2. The standard InChI is InChI=1S/C21H40NO4S4/c1-22(2,3)13-14-26-19(23)9-7-6-8-18(30-21(25)12-16-28-5)10-17-29-20(24)11-15-27-4/h18H,6-17H2,1-5H3/q+1. The van der Waals surface area contributed by atoms with Crippen molar-refractivity contribution in [3.63, 3.8) is 0 Å². The number of likely N-dealkylation sites (N-methyl/N-ethyl adjacent to an activating group) is 1. The van der Waals surface area contributed by atoms with E-state index in [1.54, 1.807) is 23.5 Å². The molecule has 0 bridgehead atoms. The third-order valence-corrected chi connectivity index (χ3v) is 7.67. The Hall–Kier alpha value is 0.170. The highest BCUT2D eigenvalue weighted by molar-refractivity contribution is 8.14. The fourth-order valence-corrected chi connectivity index (χ4v) is 5.58. The van der Waals surface area contributed by atoms with Crippen molar-refractivity contribution in [1.82, 2.24) is 0 Å². The molecule has 0 aromatic heterocycles. The number of quaternary nitrogens is 1. The summed E-state index contributed by atoms with van der Waals surface area (Å²) >= 11 is 6.18. The normalized spacial score (nSPS) is 12.6. The first-order valence-corrected chi connectivity index (χ1v) is 15.1. The van der Waals surface area contributed by atoms with Gasteiger partial charge in [-0.25, -0.2) is 0 Å². The van der Waals surface area contributed by atoms with Gasteiger partial charge in [0.15, 0.2) is 10.2 Å². The Kier molecular flexibility index (Phi) is 18.8. The van der Waals surface area contributed by atoms with Crippen LogP contribution in [0.1, 0.15) is 44.9 Å². The van der Waals surface area contributed by atoms with Crippen LogP contribution in [0, 0.1) is 0 Å². The van der Waals surface area contributed by atoms with Crippen LogP contribution in [0.25, 0.3) is 0 Å². The number of carbonyl (C=O) groups is 3. The zero-order valence-corrected chi connectivity index (χ0v) is 22.5. The van der Waals surface area contributed by atoms with E-state index in [2.05, 4.69) is 21.1 Å². The zero-order chi connectivity index (χ0) is 22.8. The van der Waals surface area contributed by atoms with E-state index in [1.807, 2.05) is 12.5 Å². The van der Waals surface area contributed by atoms with Crippen LogP contribution >= 0.6 is 47.0 Å². The maximum absolute atomic E-state index is 12.2. The molecule has 9 heteroatoms. The van der Waals surface area contributed by atoms with E-state index in [0.29, 0.717) is 25.9 Å². The Morgan fingerprint density at radius 1 is 0.833 bits per heavy atom. The number of unbranched alkanes of at least 4 members (excludes halogenated alkanes) is 1. The van der Waals surface area contributed by atoms with Gasteiger partial charge < -0.3 is 9.22 Å². The predicted octanol–water partition coefficient (Wildman–Crippen LogP) is 4.58. The summed E-state index contributed by atoms with van der Waals surface area (Å²) in [5, 5.41) is 0.681. The second-order valence-electron chi connectivity index (χ2n) is 8.09. The Morgan fingerprint density at radius 2 is 1.47 bits per heavy atom. The van der Waals surface area contributed by atoms with Gasteiger partial charge >= 0.3 is 5.97 Å². The van der Waals surface area contributed by atoms with Gasteiger partial charge in [0.2, 0.25) is 0 Å². The van der Waals surface area contributed by atoms with Crippen molar-refractivity contribution in [2.45, 2.75) is 50.2 Å². The fourth-order valence-electron chi connectivity index (χ4n) is 2.40. The SMILES string of the molecule is CSCCC(=O)SCCC(CCCCC(=O)OCC[N+](C)(C)C)SC(=O)CCSC. The third-order valence-electron chi connectivity index (χ3n) is 4.20. The van der Waals surface area contributed by atoms with E-state index in [-0.39, 0.29) is 21.4 Å². The second-order valence-corrected chi connectivity index (χ2v) is 12.6. The fraction of sp³-hybridized carbons (Fsp3) is 0.857. The number of ether oxygens (including phenoxy) is 1. The number of rotatable bonds is 18. The Labute approximate surface area is 200 Å². The van der Waals surface area contributed by atoms with Gasteiger partial charge in [0, 0.05) is 41.8 Å². The van der Waals surface area contributed by atoms with Gasteiger partial charge in [0.25, 0.3) is 0 Å². The number of carbonyl (C=O) groups excluding carboxylic acids is 3. The predicted molar refractivity (Wildman–Crippen MR) is 137 cm³/mol. The molecule has 0 aliphatic heterocycles. The highest BCUT2D eigenvalue weighted by atomic mass is 32.2. The lowest BCUT2D eigenvalue weighted by molar-refractivity contribution is -0.870. The second kappa shape index (κ2) is 18.7. The molecule has 176 valence electrons. The van der Waals surface area contributed by atoms with Crippen molar-refractivity contribution >= 4 is 63.2 Å². The van der Waals surface area contributed by atoms with E-state index in [9.17, 15) is 14.4 Å². The van der Waals surface area contributed by atoms with Crippen molar-refractivity contribution in [2.24, 2.45) is 0 Å². The molecule has 0 aliphatic rings. The lowest BCUT2D eigenvalue weighted by atomic mass is 10.1. The van der Waals surface area contributed by atoms with E-state index < -0.39 is 0 Å². The van der Waals surface area contributed by atoms with Crippen molar-refractivity contribution < 1.29 is 23.6 Å². The molecule has 0 heterocycles. The topological polar surface area (TPSA) is 60.4 Å². The van der Waals surface area contributed by atoms with Gasteiger partial charge in [-0.05, 0) is 31.8 Å². The Morgan fingerprint density at radius 3 is 2.07 bits per heavy atom. The van der Waals surface area contributed by atoms with E-state index >= 15 is 0 Å². The van der Waals surface area contributed by atoms with Crippen molar-refractivity contribution in [3.05, 3.63) is 0 Å². The lowest BCUT2D eigenvalue weighted by Crippen LogP contribution is -2.38. The molecule has 0 saturated carbocycles. The highest BCUT2D eigenvalue weighted by Crippen LogP contribution is 2.26. The van der Waals surface area contributed by atoms with Crippen LogP contribution in [0.4, 0.5) is 0 Å². The van der Waals surface area contributed by atoms with Crippen LogP contribution < -0.4 is 0 Å². The molecule has 0 aromatic rings. The molecule has 0 aliphatic carbocycles. The zero-order valence-electron chi connectivity index (χ0n) is 19.3.